The number of aliphatic hydroxyl groups excluding tert-OH is 1. The summed E-state index contributed by atoms with van der Waals surface area (Å²) in [6.07, 6.45) is 1.99. The first-order chi connectivity index (χ1) is 8.69. The van der Waals surface area contributed by atoms with E-state index in [1.54, 1.807) is 7.11 Å². The average molecular weight is 270 g/mol. The monoisotopic (exact) mass is 269 g/mol. The molecule has 1 saturated heterocycles. The lowest BCUT2D eigenvalue weighted by atomic mass is 10.1. The van der Waals surface area contributed by atoms with Gasteiger partial charge in [0.05, 0.1) is 12.2 Å². The van der Waals surface area contributed by atoms with Crippen LogP contribution in [0.15, 0.2) is 24.3 Å². The quantitative estimate of drug-likeness (QED) is 0.912. The molecule has 1 heterocycles. The van der Waals surface area contributed by atoms with Gasteiger partial charge in [0.2, 0.25) is 0 Å². The van der Waals surface area contributed by atoms with Crippen LogP contribution in [0.2, 0.25) is 5.02 Å². The molecule has 1 N–H and O–H groups in total. The van der Waals surface area contributed by atoms with Gasteiger partial charge in [0, 0.05) is 31.8 Å². The Bertz CT molecular complexity index is 378. The van der Waals surface area contributed by atoms with Gasteiger partial charge in [0.15, 0.2) is 0 Å². The standard InChI is InChI=1S/C14H20ClNO2/c1-18-13-5-7-16(8-6-13)10-14(17)11-3-2-4-12(15)9-11/h2-4,9,13-14,17H,5-8,10H2,1H3. The normalized spacial score (nSPS) is 19.9. The Kier molecular flexibility index (Phi) is 5.01. The predicted molar refractivity (Wildman–Crippen MR) is 72.9 cm³/mol. The smallest absolute Gasteiger partial charge is 0.0917 e. The van der Waals surface area contributed by atoms with E-state index in [2.05, 4.69) is 4.90 Å². The van der Waals surface area contributed by atoms with Crippen LogP contribution in [-0.4, -0.2) is 42.9 Å². The van der Waals surface area contributed by atoms with Gasteiger partial charge in [-0.3, -0.25) is 0 Å². The van der Waals surface area contributed by atoms with Crippen LogP contribution in [-0.2, 0) is 4.74 Å². The van der Waals surface area contributed by atoms with Crippen molar-refractivity contribution >= 4 is 11.6 Å². The summed E-state index contributed by atoms with van der Waals surface area (Å²) < 4.78 is 5.34. The molecule has 1 aromatic carbocycles. The zero-order valence-electron chi connectivity index (χ0n) is 10.7. The molecule has 1 unspecified atom stereocenters. The third-order valence-corrected chi connectivity index (χ3v) is 3.77. The number of halogens is 1. The molecule has 2 rings (SSSR count). The Balaban J connectivity index is 1.86. The number of rotatable bonds is 4. The lowest BCUT2D eigenvalue weighted by molar-refractivity contribution is 0.0242. The fourth-order valence-electron chi connectivity index (χ4n) is 2.39. The van der Waals surface area contributed by atoms with E-state index in [0.717, 1.165) is 31.5 Å². The van der Waals surface area contributed by atoms with Crippen LogP contribution in [0.4, 0.5) is 0 Å². The van der Waals surface area contributed by atoms with E-state index in [9.17, 15) is 5.11 Å². The first-order valence-electron chi connectivity index (χ1n) is 6.37. The van der Waals surface area contributed by atoms with Gasteiger partial charge in [-0.1, -0.05) is 23.7 Å². The van der Waals surface area contributed by atoms with Crippen molar-refractivity contribution in [2.45, 2.75) is 25.0 Å². The van der Waals surface area contributed by atoms with Crippen LogP contribution in [0.25, 0.3) is 0 Å². The molecule has 1 aliphatic heterocycles. The Hall–Kier alpha value is -0.610. The first-order valence-corrected chi connectivity index (χ1v) is 6.75. The molecule has 3 nitrogen and oxygen atoms in total. The van der Waals surface area contributed by atoms with Crippen molar-refractivity contribution in [3.05, 3.63) is 34.9 Å². The van der Waals surface area contributed by atoms with Crippen molar-refractivity contribution in [3.8, 4) is 0 Å². The molecule has 1 fully saturated rings. The van der Waals surface area contributed by atoms with Crippen molar-refractivity contribution in [1.29, 1.82) is 0 Å². The van der Waals surface area contributed by atoms with Crippen molar-refractivity contribution in [1.82, 2.24) is 4.90 Å². The van der Waals surface area contributed by atoms with Gasteiger partial charge in [0.1, 0.15) is 0 Å². The minimum absolute atomic E-state index is 0.379. The number of ether oxygens (including phenoxy) is 1. The molecule has 0 aliphatic carbocycles. The summed E-state index contributed by atoms with van der Waals surface area (Å²) in [5.74, 6) is 0. The van der Waals surface area contributed by atoms with E-state index >= 15 is 0 Å². The number of piperidine rings is 1. The highest BCUT2D eigenvalue weighted by molar-refractivity contribution is 6.30. The zero-order chi connectivity index (χ0) is 13.0. The van der Waals surface area contributed by atoms with E-state index in [4.69, 9.17) is 16.3 Å². The molecule has 0 radical (unpaired) electrons. The summed E-state index contributed by atoms with van der Waals surface area (Å²) in [7, 11) is 1.77. The molecular weight excluding hydrogens is 250 g/mol. The lowest BCUT2D eigenvalue weighted by Gasteiger charge is -2.32. The molecule has 0 saturated carbocycles. The Morgan fingerprint density at radius 2 is 2.17 bits per heavy atom. The average Bonchev–Trinajstić information content (AvgIpc) is 2.39. The highest BCUT2D eigenvalue weighted by atomic mass is 35.5. The maximum Gasteiger partial charge on any atom is 0.0917 e. The number of hydrogen-bond donors (Lipinski definition) is 1. The van der Waals surface area contributed by atoms with Gasteiger partial charge in [-0.2, -0.15) is 0 Å². The summed E-state index contributed by atoms with van der Waals surface area (Å²) in [5, 5.41) is 10.9. The first kappa shape index (κ1) is 13.8. The van der Waals surface area contributed by atoms with E-state index in [1.165, 1.54) is 0 Å². The number of hydrogen-bond acceptors (Lipinski definition) is 3. The zero-order valence-corrected chi connectivity index (χ0v) is 11.4. The molecule has 0 aromatic heterocycles. The Morgan fingerprint density at radius 3 is 2.78 bits per heavy atom. The van der Waals surface area contributed by atoms with Crippen molar-refractivity contribution in [2.75, 3.05) is 26.7 Å². The van der Waals surface area contributed by atoms with Crippen LogP contribution in [0.5, 0.6) is 0 Å². The molecular formula is C14H20ClNO2. The van der Waals surface area contributed by atoms with Gasteiger partial charge < -0.3 is 14.7 Å². The second-order valence-electron chi connectivity index (χ2n) is 4.81. The molecule has 0 spiro atoms. The van der Waals surface area contributed by atoms with Gasteiger partial charge in [0.25, 0.3) is 0 Å². The van der Waals surface area contributed by atoms with Gasteiger partial charge >= 0.3 is 0 Å². The molecule has 1 atom stereocenters. The van der Waals surface area contributed by atoms with Gasteiger partial charge in [-0.15, -0.1) is 0 Å². The maximum atomic E-state index is 10.2. The van der Waals surface area contributed by atoms with Crippen molar-refractivity contribution in [2.24, 2.45) is 0 Å². The maximum absolute atomic E-state index is 10.2. The molecule has 18 heavy (non-hydrogen) atoms. The Labute approximate surface area is 113 Å². The van der Waals surface area contributed by atoms with E-state index < -0.39 is 6.10 Å². The third-order valence-electron chi connectivity index (χ3n) is 3.53. The molecule has 1 aliphatic rings. The van der Waals surface area contributed by atoms with Crippen molar-refractivity contribution < 1.29 is 9.84 Å². The Morgan fingerprint density at radius 1 is 1.44 bits per heavy atom. The van der Waals surface area contributed by atoms with E-state index in [1.807, 2.05) is 24.3 Å². The fraction of sp³-hybridized carbons (Fsp3) is 0.571. The van der Waals surface area contributed by atoms with Crippen LogP contribution >= 0.6 is 11.6 Å². The molecule has 4 heteroatoms. The van der Waals surface area contributed by atoms with Crippen LogP contribution < -0.4 is 0 Å². The largest absolute Gasteiger partial charge is 0.387 e. The lowest BCUT2D eigenvalue weighted by Crippen LogP contribution is -2.38. The summed E-state index contributed by atoms with van der Waals surface area (Å²) in [6, 6.07) is 7.44. The minimum Gasteiger partial charge on any atom is -0.387 e. The van der Waals surface area contributed by atoms with Crippen molar-refractivity contribution in [3.63, 3.8) is 0 Å². The number of β-amino-alcohol motifs (C(OH)–C–C–N with tert-alkyl or cyclic N) is 1. The molecule has 0 amide bonds. The summed E-state index contributed by atoms with van der Waals surface area (Å²) in [4.78, 5) is 2.28. The minimum atomic E-state index is -0.470. The number of benzene rings is 1. The van der Waals surface area contributed by atoms with E-state index in [-0.39, 0.29) is 0 Å². The predicted octanol–water partition coefficient (Wildman–Crippen LogP) is 2.48. The second kappa shape index (κ2) is 6.53. The summed E-state index contributed by atoms with van der Waals surface area (Å²) in [6.45, 7) is 2.63. The van der Waals surface area contributed by atoms with Gasteiger partial charge in [-0.25, -0.2) is 0 Å². The molecule has 100 valence electrons. The van der Waals surface area contributed by atoms with Crippen LogP contribution in [0, 0.1) is 0 Å². The number of likely N-dealkylation sites (tertiary alicyclic amines) is 1. The summed E-state index contributed by atoms with van der Waals surface area (Å²) >= 11 is 5.93. The van der Waals surface area contributed by atoms with Gasteiger partial charge in [-0.05, 0) is 30.5 Å². The second-order valence-corrected chi connectivity index (χ2v) is 5.24. The highest BCUT2D eigenvalue weighted by Crippen LogP contribution is 2.21. The van der Waals surface area contributed by atoms with E-state index in [0.29, 0.717) is 17.7 Å². The SMILES string of the molecule is COC1CCN(CC(O)c2cccc(Cl)c2)CC1. The number of aliphatic hydroxyl groups is 1. The van der Waals surface area contributed by atoms with Crippen LogP contribution in [0.3, 0.4) is 0 Å². The number of methoxy groups -OCH3 is 1. The third kappa shape index (κ3) is 3.69. The molecule has 1 aromatic rings. The fourth-order valence-corrected chi connectivity index (χ4v) is 2.59. The highest BCUT2D eigenvalue weighted by Gasteiger charge is 2.21. The molecule has 0 bridgehead atoms. The topological polar surface area (TPSA) is 32.7 Å². The summed E-state index contributed by atoms with van der Waals surface area (Å²) in [5.41, 5.74) is 0.886. The van der Waals surface area contributed by atoms with Crippen LogP contribution in [0.1, 0.15) is 24.5 Å². The number of nitrogens with zero attached hydrogens (tertiary/aromatic N) is 1.